The standard InChI is InChI=1S/C14H10BrClN4O/c15-11-5-10(6-17-8-11)13-19-20-14(21-13)18-7-9-3-1-2-4-12(9)16/h1-6,8H,7H2,(H,18,20). The maximum Gasteiger partial charge on any atom is 0.316 e. The minimum absolute atomic E-state index is 0.338. The summed E-state index contributed by atoms with van der Waals surface area (Å²) in [4.78, 5) is 4.06. The molecule has 3 rings (SSSR count). The first-order valence-corrected chi connectivity index (χ1v) is 7.31. The van der Waals surface area contributed by atoms with Crippen molar-refractivity contribution in [3.63, 3.8) is 0 Å². The van der Waals surface area contributed by atoms with Crippen LogP contribution in [-0.2, 0) is 6.54 Å². The lowest BCUT2D eigenvalue weighted by atomic mass is 10.2. The lowest BCUT2D eigenvalue weighted by Crippen LogP contribution is -1.99. The fraction of sp³-hybridized carbons (Fsp3) is 0.0714. The maximum absolute atomic E-state index is 6.09. The van der Waals surface area contributed by atoms with E-state index in [0.29, 0.717) is 23.5 Å². The highest BCUT2D eigenvalue weighted by molar-refractivity contribution is 9.10. The Morgan fingerprint density at radius 1 is 1.19 bits per heavy atom. The van der Waals surface area contributed by atoms with Gasteiger partial charge in [0, 0.05) is 28.4 Å². The van der Waals surface area contributed by atoms with E-state index in [-0.39, 0.29) is 0 Å². The van der Waals surface area contributed by atoms with Crippen molar-refractivity contribution in [2.24, 2.45) is 0 Å². The third kappa shape index (κ3) is 3.40. The first-order chi connectivity index (χ1) is 10.2. The minimum Gasteiger partial charge on any atom is -0.403 e. The second-order valence-corrected chi connectivity index (χ2v) is 5.57. The van der Waals surface area contributed by atoms with Gasteiger partial charge in [0.2, 0.25) is 0 Å². The van der Waals surface area contributed by atoms with Gasteiger partial charge >= 0.3 is 6.01 Å². The first-order valence-electron chi connectivity index (χ1n) is 6.14. The van der Waals surface area contributed by atoms with Gasteiger partial charge < -0.3 is 9.73 Å². The van der Waals surface area contributed by atoms with Crippen LogP contribution in [0.5, 0.6) is 0 Å². The predicted molar refractivity (Wildman–Crippen MR) is 84.0 cm³/mol. The van der Waals surface area contributed by atoms with Gasteiger partial charge in [0.15, 0.2) is 0 Å². The van der Waals surface area contributed by atoms with Crippen LogP contribution in [-0.4, -0.2) is 15.2 Å². The molecule has 0 aliphatic rings. The highest BCUT2D eigenvalue weighted by Gasteiger charge is 2.09. The number of anilines is 1. The first kappa shape index (κ1) is 14.0. The van der Waals surface area contributed by atoms with Crippen LogP contribution in [0, 0.1) is 0 Å². The van der Waals surface area contributed by atoms with Crippen LogP contribution in [0.2, 0.25) is 5.02 Å². The molecule has 0 saturated heterocycles. The molecule has 0 radical (unpaired) electrons. The second-order valence-electron chi connectivity index (χ2n) is 4.25. The molecule has 0 atom stereocenters. The van der Waals surface area contributed by atoms with Crippen LogP contribution in [0.4, 0.5) is 6.01 Å². The van der Waals surface area contributed by atoms with Gasteiger partial charge in [0.1, 0.15) is 0 Å². The van der Waals surface area contributed by atoms with Crippen LogP contribution in [0.3, 0.4) is 0 Å². The molecule has 0 bridgehead atoms. The molecule has 0 amide bonds. The summed E-state index contributed by atoms with van der Waals surface area (Å²) in [7, 11) is 0. The van der Waals surface area contributed by atoms with Gasteiger partial charge in [-0.25, -0.2) is 0 Å². The van der Waals surface area contributed by atoms with Crippen LogP contribution >= 0.6 is 27.5 Å². The Morgan fingerprint density at radius 2 is 2.05 bits per heavy atom. The molecule has 0 spiro atoms. The van der Waals surface area contributed by atoms with Gasteiger partial charge in [0.25, 0.3) is 5.89 Å². The minimum atomic E-state index is 0.338. The van der Waals surface area contributed by atoms with E-state index in [0.717, 1.165) is 15.6 Å². The zero-order valence-corrected chi connectivity index (χ0v) is 13.1. The fourth-order valence-corrected chi connectivity index (χ4v) is 2.32. The van der Waals surface area contributed by atoms with E-state index in [2.05, 4.69) is 36.4 Å². The van der Waals surface area contributed by atoms with Crippen LogP contribution in [0.15, 0.2) is 51.6 Å². The zero-order chi connectivity index (χ0) is 14.7. The molecule has 106 valence electrons. The second kappa shape index (κ2) is 6.24. The monoisotopic (exact) mass is 364 g/mol. The molecule has 21 heavy (non-hydrogen) atoms. The van der Waals surface area contributed by atoms with Crippen molar-refractivity contribution in [2.45, 2.75) is 6.54 Å². The number of pyridine rings is 1. The molecule has 1 aromatic carbocycles. The number of aromatic nitrogens is 3. The quantitative estimate of drug-likeness (QED) is 0.752. The Kier molecular flexibility index (Phi) is 4.17. The summed E-state index contributed by atoms with van der Waals surface area (Å²) in [5, 5.41) is 11.7. The molecule has 3 aromatic rings. The normalized spacial score (nSPS) is 10.6. The highest BCUT2D eigenvalue weighted by Crippen LogP contribution is 2.22. The average Bonchev–Trinajstić information content (AvgIpc) is 2.95. The third-order valence-electron chi connectivity index (χ3n) is 2.76. The smallest absolute Gasteiger partial charge is 0.316 e. The Morgan fingerprint density at radius 3 is 2.86 bits per heavy atom. The third-order valence-corrected chi connectivity index (χ3v) is 3.57. The van der Waals surface area contributed by atoms with Crippen molar-refractivity contribution >= 4 is 33.5 Å². The number of hydrogen-bond acceptors (Lipinski definition) is 5. The number of rotatable bonds is 4. The Balaban J connectivity index is 1.72. The van der Waals surface area contributed by atoms with E-state index in [1.807, 2.05) is 30.3 Å². The van der Waals surface area contributed by atoms with E-state index < -0.39 is 0 Å². The molecule has 0 unspecified atom stereocenters. The van der Waals surface area contributed by atoms with Crippen LogP contribution in [0.1, 0.15) is 5.56 Å². The number of nitrogens with one attached hydrogen (secondary N) is 1. The fourth-order valence-electron chi connectivity index (χ4n) is 1.75. The van der Waals surface area contributed by atoms with Crippen molar-refractivity contribution in [3.05, 3.63) is 57.8 Å². The summed E-state index contributed by atoms with van der Waals surface area (Å²) in [5.41, 5.74) is 1.71. The molecule has 2 aromatic heterocycles. The molecular formula is C14H10BrClN4O. The topological polar surface area (TPSA) is 63.8 Å². The van der Waals surface area contributed by atoms with E-state index in [4.69, 9.17) is 16.0 Å². The predicted octanol–water partition coefficient (Wildman–Crippen LogP) is 4.16. The average molecular weight is 366 g/mol. The molecule has 2 heterocycles. The number of benzene rings is 1. The van der Waals surface area contributed by atoms with Crippen molar-refractivity contribution in [3.8, 4) is 11.5 Å². The van der Waals surface area contributed by atoms with Crippen LogP contribution < -0.4 is 5.32 Å². The van der Waals surface area contributed by atoms with E-state index in [1.54, 1.807) is 12.4 Å². The van der Waals surface area contributed by atoms with Crippen LogP contribution in [0.25, 0.3) is 11.5 Å². The van der Waals surface area contributed by atoms with E-state index in [1.165, 1.54) is 0 Å². The molecule has 5 nitrogen and oxygen atoms in total. The Bertz CT molecular complexity index is 762. The molecular weight excluding hydrogens is 356 g/mol. The zero-order valence-electron chi connectivity index (χ0n) is 10.8. The molecule has 0 aliphatic carbocycles. The maximum atomic E-state index is 6.09. The van der Waals surface area contributed by atoms with Gasteiger partial charge in [-0.05, 0) is 33.6 Å². The summed E-state index contributed by atoms with van der Waals surface area (Å²) in [6, 6.07) is 9.78. The summed E-state index contributed by atoms with van der Waals surface area (Å²) in [6.07, 6.45) is 3.35. The van der Waals surface area contributed by atoms with Crippen molar-refractivity contribution in [1.29, 1.82) is 0 Å². The van der Waals surface area contributed by atoms with E-state index in [9.17, 15) is 0 Å². The summed E-state index contributed by atoms with van der Waals surface area (Å²) in [6.45, 7) is 0.512. The van der Waals surface area contributed by atoms with Gasteiger partial charge in [-0.3, -0.25) is 4.98 Å². The van der Waals surface area contributed by atoms with Crippen molar-refractivity contribution in [2.75, 3.05) is 5.32 Å². The molecule has 7 heteroatoms. The largest absolute Gasteiger partial charge is 0.403 e. The molecule has 0 saturated carbocycles. The Hall–Kier alpha value is -1.92. The van der Waals surface area contributed by atoms with E-state index >= 15 is 0 Å². The lowest BCUT2D eigenvalue weighted by molar-refractivity contribution is 0.580. The van der Waals surface area contributed by atoms with Gasteiger partial charge in [-0.15, -0.1) is 5.10 Å². The number of halogens is 2. The molecule has 1 N–H and O–H groups in total. The van der Waals surface area contributed by atoms with Crippen molar-refractivity contribution < 1.29 is 4.42 Å². The van der Waals surface area contributed by atoms with Crippen molar-refractivity contribution in [1.82, 2.24) is 15.2 Å². The molecule has 0 aliphatic heterocycles. The highest BCUT2D eigenvalue weighted by atomic mass is 79.9. The Labute approximate surface area is 134 Å². The molecule has 0 fully saturated rings. The SMILES string of the molecule is Clc1ccccc1CNc1nnc(-c2cncc(Br)c2)o1. The van der Waals surface area contributed by atoms with Gasteiger partial charge in [-0.1, -0.05) is 34.9 Å². The number of nitrogens with zero attached hydrogens (tertiary/aromatic N) is 3. The van der Waals surface area contributed by atoms with Gasteiger partial charge in [-0.2, -0.15) is 0 Å². The number of hydrogen-bond donors (Lipinski definition) is 1. The van der Waals surface area contributed by atoms with Gasteiger partial charge in [0.05, 0.1) is 5.56 Å². The summed E-state index contributed by atoms with van der Waals surface area (Å²) < 4.78 is 6.40. The lowest BCUT2D eigenvalue weighted by Gasteiger charge is -2.03. The summed E-state index contributed by atoms with van der Waals surface area (Å²) in [5.74, 6) is 0.408. The summed E-state index contributed by atoms with van der Waals surface area (Å²) >= 11 is 9.44.